The van der Waals surface area contributed by atoms with Crippen molar-refractivity contribution < 1.29 is 39.6 Å². The average molecular weight is 532 g/mol. The number of likely N-dealkylation sites (N-methyl/N-ethyl adjacent to an activating group) is 1. The second-order valence-corrected chi connectivity index (χ2v) is 10.7. The second kappa shape index (κ2) is 11.2. The second-order valence-electron chi connectivity index (χ2n) is 10.7. The van der Waals surface area contributed by atoms with Gasteiger partial charge in [-0.25, -0.2) is 0 Å². The molecular weight excluding hydrogens is 494 g/mol. The lowest BCUT2D eigenvalue weighted by Gasteiger charge is -2.47. The molecule has 208 valence electrons. The topological polar surface area (TPSA) is 183 Å². The Morgan fingerprint density at radius 3 is 2.47 bits per heavy atom. The number of aliphatic hydroxyl groups is 3. The van der Waals surface area contributed by atoms with Gasteiger partial charge in [0.05, 0.1) is 24.3 Å². The maximum atomic E-state index is 13.8. The zero-order chi connectivity index (χ0) is 28.5. The highest BCUT2D eigenvalue weighted by molar-refractivity contribution is 6.23. The number of carbonyl (C=O) groups excluding carboxylic acids is 3. The lowest BCUT2D eigenvalue weighted by molar-refractivity contribution is -0.163. The van der Waals surface area contributed by atoms with Crippen LogP contribution >= 0.6 is 0 Å². The number of phenolic OH excluding ortho intramolecular Hbond substituents is 1. The van der Waals surface area contributed by atoms with E-state index in [4.69, 9.17) is 10.6 Å². The average Bonchev–Trinajstić information content (AvgIpc) is 2.81. The van der Waals surface area contributed by atoms with Crippen molar-refractivity contribution in [1.29, 1.82) is 0 Å². The van der Waals surface area contributed by atoms with Crippen LogP contribution < -0.4 is 5.73 Å². The summed E-state index contributed by atoms with van der Waals surface area (Å²) < 4.78 is 0. The number of nitrogens with zero attached hydrogens (tertiary/aromatic N) is 2. The lowest BCUT2D eigenvalue weighted by atomic mass is 9.59. The summed E-state index contributed by atoms with van der Waals surface area (Å²) in [7, 11) is 3.27. The monoisotopic (exact) mass is 531 g/mol. The molecule has 1 amide bonds. The van der Waals surface area contributed by atoms with Gasteiger partial charge in [0.25, 0.3) is 0 Å². The molecule has 1 aromatic carbocycles. The number of rotatable bonds is 10. The lowest BCUT2D eigenvalue weighted by Crippen LogP contribution is -2.64. The molecule has 0 radical (unpaired) electrons. The molecule has 1 saturated carbocycles. The van der Waals surface area contributed by atoms with E-state index < -0.39 is 59.7 Å². The summed E-state index contributed by atoms with van der Waals surface area (Å²) in [5.41, 5.74) is 3.94. The van der Waals surface area contributed by atoms with Gasteiger partial charge in [-0.05, 0) is 63.4 Å². The summed E-state index contributed by atoms with van der Waals surface area (Å²) in [6, 6.07) is 2.19. The molecule has 38 heavy (non-hydrogen) atoms. The Hall–Kier alpha value is -3.28. The van der Waals surface area contributed by atoms with Gasteiger partial charge < -0.3 is 35.9 Å². The number of fused-ring (bicyclic) bond motifs is 2. The third-order valence-electron chi connectivity index (χ3n) is 7.38. The van der Waals surface area contributed by atoms with Crippen LogP contribution in [0.1, 0.15) is 50.3 Å². The number of Topliss-reactive ketones (excluding diaryl/α,β-unsaturated/α-hetero) is 2. The molecular formula is C27H37N3O8. The number of oxime groups is 1. The van der Waals surface area contributed by atoms with E-state index in [1.165, 1.54) is 6.07 Å². The Bertz CT molecular complexity index is 1190. The van der Waals surface area contributed by atoms with Crippen molar-refractivity contribution in [2.75, 3.05) is 27.3 Å². The van der Waals surface area contributed by atoms with E-state index in [0.717, 1.165) is 0 Å². The number of hydrogen-bond acceptors (Lipinski definition) is 10. The molecule has 0 unspecified atom stereocenters. The smallest absolute Gasteiger partial charge is 0.225 e. The van der Waals surface area contributed by atoms with E-state index in [0.29, 0.717) is 23.4 Å². The van der Waals surface area contributed by atoms with Crippen LogP contribution in [0.15, 0.2) is 22.9 Å². The van der Waals surface area contributed by atoms with Crippen LogP contribution in [0, 0.1) is 17.8 Å². The molecule has 1 fully saturated rings. The molecule has 0 aromatic heterocycles. The van der Waals surface area contributed by atoms with Crippen LogP contribution in [0.25, 0.3) is 5.76 Å². The van der Waals surface area contributed by atoms with Gasteiger partial charge in [-0.15, -0.1) is 0 Å². The Morgan fingerprint density at radius 1 is 1.26 bits per heavy atom. The van der Waals surface area contributed by atoms with Crippen molar-refractivity contribution in [3.63, 3.8) is 0 Å². The zero-order valence-electron chi connectivity index (χ0n) is 22.4. The summed E-state index contributed by atoms with van der Waals surface area (Å²) in [4.78, 5) is 45.5. The molecule has 0 bridgehead atoms. The standard InChI is InChI=1S/C27H37N3O8/c1-13(2)12-38-29-14(3)16-6-7-20(32)24-17(16)8-15-9-18(19(11-31)30(4)5)27(37,21(33)10-22(28)34)26(36)23(15)25(24)35/h6-7,13,15,18-19,31-32,35,37H,8-12H2,1-5H3,(H2,28,34)/b29-14-/t15-,18-,19+,27+/m0/s1. The van der Waals surface area contributed by atoms with E-state index in [9.17, 15) is 34.8 Å². The molecule has 2 aliphatic rings. The van der Waals surface area contributed by atoms with Crippen LogP contribution in [0.3, 0.4) is 0 Å². The number of carbonyl (C=O) groups is 3. The van der Waals surface area contributed by atoms with E-state index in [1.54, 1.807) is 32.0 Å². The molecule has 1 aromatic rings. The number of amides is 1. The molecule has 11 nitrogen and oxygen atoms in total. The van der Waals surface area contributed by atoms with Crippen molar-refractivity contribution in [3.05, 3.63) is 34.4 Å². The number of aromatic hydroxyl groups is 1. The van der Waals surface area contributed by atoms with Crippen LogP contribution in [0.2, 0.25) is 0 Å². The van der Waals surface area contributed by atoms with Crippen molar-refractivity contribution in [2.45, 2.75) is 51.7 Å². The van der Waals surface area contributed by atoms with Crippen molar-refractivity contribution in [3.8, 4) is 5.75 Å². The summed E-state index contributed by atoms with van der Waals surface area (Å²) in [6.45, 7) is 5.62. The fraction of sp³-hybridized carbons (Fsp3) is 0.556. The number of ketones is 2. The fourth-order valence-electron chi connectivity index (χ4n) is 5.52. The highest BCUT2D eigenvalue weighted by Gasteiger charge is 2.60. The Balaban J connectivity index is 2.19. The number of nitrogens with two attached hydrogens (primary N) is 1. The molecule has 4 atom stereocenters. The Morgan fingerprint density at radius 2 is 1.92 bits per heavy atom. The van der Waals surface area contributed by atoms with E-state index in [1.807, 2.05) is 13.8 Å². The molecule has 0 heterocycles. The molecule has 11 heteroatoms. The molecule has 0 spiro atoms. The first-order valence-corrected chi connectivity index (χ1v) is 12.6. The summed E-state index contributed by atoms with van der Waals surface area (Å²) >= 11 is 0. The van der Waals surface area contributed by atoms with E-state index in [2.05, 4.69) is 5.16 Å². The maximum absolute atomic E-state index is 13.8. The van der Waals surface area contributed by atoms with Gasteiger partial charge in [0.1, 0.15) is 18.1 Å². The number of primary amides is 1. The van der Waals surface area contributed by atoms with Gasteiger partial charge in [-0.1, -0.05) is 19.0 Å². The van der Waals surface area contributed by atoms with E-state index >= 15 is 0 Å². The predicted molar refractivity (Wildman–Crippen MR) is 139 cm³/mol. The SMILES string of the molecule is C/C(=N/OCC(C)C)c1ccc(O)c2c1C[C@H]1C[C@@H]([C@@H](CO)N(C)C)[C@@](O)(C(=O)CC(N)=O)C(=O)C1=C2O. The normalized spacial score (nSPS) is 24.3. The van der Waals surface area contributed by atoms with Crippen molar-refractivity contribution in [1.82, 2.24) is 4.90 Å². The highest BCUT2D eigenvalue weighted by Crippen LogP contribution is 2.49. The van der Waals surface area contributed by atoms with Crippen molar-refractivity contribution in [2.24, 2.45) is 28.6 Å². The number of aliphatic hydroxyl groups excluding tert-OH is 2. The summed E-state index contributed by atoms with van der Waals surface area (Å²) in [5.74, 6) is -5.52. The largest absolute Gasteiger partial charge is 0.507 e. The molecule has 0 aliphatic heterocycles. The predicted octanol–water partition coefficient (Wildman–Crippen LogP) is 0.917. The van der Waals surface area contributed by atoms with Crippen LogP contribution in [0.5, 0.6) is 5.75 Å². The number of phenols is 1. The van der Waals surface area contributed by atoms with Crippen LogP contribution in [0.4, 0.5) is 0 Å². The number of hydrogen-bond donors (Lipinski definition) is 5. The van der Waals surface area contributed by atoms with Gasteiger partial charge in [-0.2, -0.15) is 0 Å². The first-order valence-electron chi connectivity index (χ1n) is 12.6. The van der Waals surface area contributed by atoms with Gasteiger partial charge in [0.2, 0.25) is 11.7 Å². The van der Waals surface area contributed by atoms with Crippen LogP contribution in [-0.2, 0) is 25.6 Å². The molecule has 6 N–H and O–H groups in total. The fourth-order valence-corrected chi connectivity index (χ4v) is 5.52. The Kier molecular flexibility index (Phi) is 8.65. The Labute approximate surface area is 221 Å². The number of benzene rings is 1. The first-order chi connectivity index (χ1) is 17.7. The van der Waals surface area contributed by atoms with Gasteiger partial charge >= 0.3 is 0 Å². The van der Waals surface area contributed by atoms with Gasteiger partial charge in [-0.3, -0.25) is 14.4 Å². The van der Waals surface area contributed by atoms with Crippen LogP contribution in [-0.4, -0.2) is 87.5 Å². The van der Waals surface area contributed by atoms with Gasteiger partial charge in [0.15, 0.2) is 11.4 Å². The first kappa shape index (κ1) is 29.3. The summed E-state index contributed by atoms with van der Waals surface area (Å²) in [6.07, 6.45) is -0.672. The minimum atomic E-state index is -2.71. The van der Waals surface area contributed by atoms with Gasteiger partial charge in [0, 0.05) is 23.1 Å². The third kappa shape index (κ3) is 5.18. The highest BCUT2D eigenvalue weighted by atomic mass is 16.6. The van der Waals surface area contributed by atoms with E-state index in [-0.39, 0.29) is 35.6 Å². The zero-order valence-corrected chi connectivity index (χ0v) is 22.4. The molecule has 3 rings (SSSR count). The van der Waals surface area contributed by atoms with Crippen molar-refractivity contribution >= 4 is 28.9 Å². The summed E-state index contributed by atoms with van der Waals surface area (Å²) in [5, 5.41) is 47.9. The molecule has 0 saturated heterocycles. The molecule has 2 aliphatic carbocycles. The minimum Gasteiger partial charge on any atom is -0.507 e. The maximum Gasteiger partial charge on any atom is 0.225 e. The quantitative estimate of drug-likeness (QED) is 0.166. The third-order valence-corrected chi connectivity index (χ3v) is 7.38. The minimum absolute atomic E-state index is 0.00924.